The number of benzene rings is 1. The van der Waals surface area contributed by atoms with Crippen molar-refractivity contribution < 1.29 is 5.11 Å². The molecule has 0 heterocycles. The van der Waals surface area contributed by atoms with E-state index in [0.29, 0.717) is 0 Å². The predicted molar refractivity (Wildman–Crippen MR) is 63.6 cm³/mol. The second-order valence-electron chi connectivity index (χ2n) is 3.75. The number of anilines is 1. The Morgan fingerprint density at radius 1 is 1.20 bits per heavy atom. The van der Waals surface area contributed by atoms with Crippen LogP contribution in [-0.4, -0.2) is 11.7 Å². The summed E-state index contributed by atoms with van der Waals surface area (Å²) in [7, 11) is 0. The summed E-state index contributed by atoms with van der Waals surface area (Å²) in [5.74, 6) is 0. The van der Waals surface area contributed by atoms with E-state index in [-0.39, 0.29) is 12.6 Å². The Labute approximate surface area is 91.1 Å². The zero-order chi connectivity index (χ0) is 11.4. The average Bonchev–Trinajstić information content (AvgIpc) is 2.28. The molecule has 5 N–H and O–H groups in total. The van der Waals surface area contributed by atoms with Crippen molar-refractivity contribution in [3.63, 3.8) is 0 Å². The van der Waals surface area contributed by atoms with E-state index >= 15 is 0 Å². The normalized spacial score (nSPS) is 12.8. The molecule has 1 aromatic carbocycles. The van der Waals surface area contributed by atoms with Crippen LogP contribution >= 0.6 is 0 Å². The van der Waals surface area contributed by atoms with Gasteiger partial charge >= 0.3 is 0 Å². The molecular weight excluding hydrogens is 188 g/mol. The quantitative estimate of drug-likeness (QED) is 0.655. The van der Waals surface area contributed by atoms with Gasteiger partial charge in [0.05, 0.1) is 12.6 Å². The Kier molecular flexibility index (Phi) is 4.12. The number of rotatable bonds is 4. The van der Waals surface area contributed by atoms with Crippen LogP contribution < -0.4 is 11.5 Å². The molecule has 0 spiro atoms. The summed E-state index contributed by atoms with van der Waals surface area (Å²) in [6.07, 6.45) is 1.79. The maximum absolute atomic E-state index is 9.03. The van der Waals surface area contributed by atoms with Gasteiger partial charge in [-0.05, 0) is 29.5 Å². The Morgan fingerprint density at radius 3 is 2.00 bits per heavy atom. The highest BCUT2D eigenvalue weighted by Crippen LogP contribution is 2.24. The molecule has 0 saturated heterocycles. The lowest BCUT2D eigenvalue weighted by molar-refractivity contribution is 0.268. The molecular formula is C12H20N2O. The van der Waals surface area contributed by atoms with Gasteiger partial charge in [-0.3, -0.25) is 0 Å². The second-order valence-corrected chi connectivity index (χ2v) is 3.75. The average molecular weight is 208 g/mol. The van der Waals surface area contributed by atoms with Crippen molar-refractivity contribution in [2.75, 3.05) is 12.3 Å². The van der Waals surface area contributed by atoms with Crippen molar-refractivity contribution in [2.45, 2.75) is 32.7 Å². The number of hydrogen-bond acceptors (Lipinski definition) is 3. The number of aliphatic hydroxyl groups is 1. The fourth-order valence-corrected chi connectivity index (χ4v) is 1.71. The molecule has 0 aliphatic heterocycles. The van der Waals surface area contributed by atoms with Gasteiger partial charge in [-0.2, -0.15) is 0 Å². The third-order valence-corrected chi connectivity index (χ3v) is 2.76. The minimum absolute atomic E-state index is 0.0315. The highest BCUT2D eigenvalue weighted by Gasteiger charge is 2.10. The Bertz CT molecular complexity index is 311. The zero-order valence-electron chi connectivity index (χ0n) is 9.46. The number of hydrogen-bond donors (Lipinski definition) is 3. The van der Waals surface area contributed by atoms with Crippen LogP contribution in [0, 0.1) is 0 Å². The van der Waals surface area contributed by atoms with Crippen molar-refractivity contribution in [3.8, 4) is 0 Å². The highest BCUT2D eigenvalue weighted by atomic mass is 16.3. The molecule has 3 nitrogen and oxygen atoms in total. The minimum atomic E-state index is -0.304. The van der Waals surface area contributed by atoms with E-state index in [0.717, 1.165) is 35.2 Å². The molecule has 84 valence electrons. The van der Waals surface area contributed by atoms with E-state index in [1.807, 2.05) is 12.1 Å². The maximum atomic E-state index is 9.03. The van der Waals surface area contributed by atoms with Crippen molar-refractivity contribution in [1.82, 2.24) is 0 Å². The molecule has 0 aliphatic carbocycles. The third kappa shape index (κ3) is 2.49. The molecule has 1 aromatic rings. The summed E-state index contributed by atoms with van der Waals surface area (Å²) in [6.45, 7) is 4.11. The van der Waals surface area contributed by atoms with Gasteiger partial charge in [0.15, 0.2) is 0 Å². The predicted octanol–water partition coefficient (Wildman–Crippen LogP) is 1.39. The van der Waals surface area contributed by atoms with E-state index in [9.17, 15) is 0 Å². The Morgan fingerprint density at radius 2 is 1.67 bits per heavy atom. The molecule has 0 fully saturated rings. The van der Waals surface area contributed by atoms with Gasteiger partial charge in [-0.15, -0.1) is 0 Å². The smallest absolute Gasteiger partial charge is 0.0624 e. The lowest BCUT2D eigenvalue weighted by Crippen LogP contribution is -2.15. The molecule has 0 saturated carbocycles. The fourth-order valence-electron chi connectivity index (χ4n) is 1.71. The van der Waals surface area contributed by atoms with Crippen molar-refractivity contribution in [1.29, 1.82) is 0 Å². The van der Waals surface area contributed by atoms with Gasteiger partial charge in [-0.1, -0.05) is 26.0 Å². The fraction of sp³-hybridized carbons (Fsp3) is 0.500. The first-order valence-electron chi connectivity index (χ1n) is 5.41. The first kappa shape index (κ1) is 12.0. The molecule has 0 aliphatic rings. The minimum Gasteiger partial charge on any atom is -0.398 e. The van der Waals surface area contributed by atoms with Gasteiger partial charge in [0.2, 0.25) is 0 Å². The molecule has 1 atom stereocenters. The molecule has 0 bridgehead atoms. The SMILES string of the molecule is CCc1cc([C@@H](N)CO)cc(CC)c1N. The number of aryl methyl sites for hydroxylation is 2. The van der Waals surface area contributed by atoms with Crippen molar-refractivity contribution >= 4 is 5.69 Å². The van der Waals surface area contributed by atoms with E-state index < -0.39 is 0 Å². The van der Waals surface area contributed by atoms with Gasteiger partial charge in [0.1, 0.15) is 0 Å². The summed E-state index contributed by atoms with van der Waals surface area (Å²) >= 11 is 0. The summed E-state index contributed by atoms with van der Waals surface area (Å²) in [6, 6.07) is 3.69. The Balaban J connectivity index is 3.20. The zero-order valence-corrected chi connectivity index (χ0v) is 9.46. The van der Waals surface area contributed by atoms with Crippen LogP contribution in [0.25, 0.3) is 0 Å². The largest absolute Gasteiger partial charge is 0.398 e. The van der Waals surface area contributed by atoms with Gasteiger partial charge in [-0.25, -0.2) is 0 Å². The van der Waals surface area contributed by atoms with E-state index in [4.69, 9.17) is 16.6 Å². The number of nitrogen functional groups attached to an aromatic ring is 1. The summed E-state index contributed by atoms with van der Waals surface area (Å²) in [5, 5.41) is 9.03. The van der Waals surface area contributed by atoms with Crippen LogP contribution in [0.2, 0.25) is 0 Å². The van der Waals surface area contributed by atoms with Crippen LogP contribution in [-0.2, 0) is 12.8 Å². The summed E-state index contributed by atoms with van der Waals surface area (Å²) < 4.78 is 0. The molecule has 0 aromatic heterocycles. The highest BCUT2D eigenvalue weighted by molar-refractivity contribution is 5.56. The van der Waals surface area contributed by atoms with Crippen LogP contribution in [0.5, 0.6) is 0 Å². The van der Waals surface area contributed by atoms with Gasteiger partial charge in [0, 0.05) is 5.69 Å². The monoisotopic (exact) mass is 208 g/mol. The molecule has 0 unspecified atom stereocenters. The first-order valence-corrected chi connectivity index (χ1v) is 5.41. The molecule has 3 heteroatoms. The Hall–Kier alpha value is -1.06. The van der Waals surface area contributed by atoms with E-state index in [1.165, 1.54) is 0 Å². The van der Waals surface area contributed by atoms with Crippen LogP contribution in [0.15, 0.2) is 12.1 Å². The first-order chi connectivity index (χ1) is 7.13. The van der Waals surface area contributed by atoms with Crippen LogP contribution in [0.4, 0.5) is 5.69 Å². The molecule has 0 amide bonds. The number of aliphatic hydroxyl groups excluding tert-OH is 1. The number of nitrogens with two attached hydrogens (primary N) is 2. The van der Waals surface area contributed by atoms with E-state index in [2.05, 4.69) is 13.8 Å². The molecule has 0 radical (unpaired) electrons. The second kappa shape index (κ2) is 5.14. The lowest BCUT2D eigenvalue weighted by Gasteiger charge is -2.15. The van der Waals surface area contributed by atoms with Crippen molar-refractivity contribution in [2.24, 2.45) is 5.73 Å². The topological polar surface area (TPSA) is 72.3 Å². The molecule has 1 rings (SSSR count). The standard InChI is InChI=1S/C12H20N2O/c1-3-8-5-10(11(13)7-15)6-9(4-2)12(8)14/h5-6,11,15H,3-4,7,13-14H2,1-2H3/t11-/m0/s1. The molecule has 15 heavy (non-hydrogen) atoms. The van der Waals surface area contributed by atoms with Crippen LogP contribution in [0.1, 0.15) is 36.6 Å². The lowest BCUT2D eigenvalue weighted by atomic mass is 9.96. The van der Waals surface area contributed by atoms with Crippen molar-refractivity contribution in [3.05, 3.63) is 28.8 Å². The van der Waals surface area contributed by atoms with Crippen LogP contribution in [0.3, 0.4) is 0 Å². The van der Waals surface area contributed by atoms with E-state index in [1.54, 1.807) is 0 Å². The summed E-state index contributed by atoms with van der Waals surface area (Å²) in [4.78, 5) is 0. The summed E-state index contributed by atoms with van der Waals surface area (Å²) in [5.41, 5.74) is 15.9. The van der Waals surface area contributed by atoms with Gasteiger partial charge < -0.3 is 16.6 Å². The maximum Gasteiger partial charge on any atom is 0.0624 e. The van der Waals surface area contributed by atoms with Gasteiger partial charge in [0.25, 0.3) is 0 Å². The third-order valence-electron chi connectivity index (χ3n) is 2.76.